The van der Waals surface area contributed by atoms with Crippen molar-refractivity contribution in [3.05, 3.63) is 75.8 Å². The van der Waals surface area contributed by atoms with Crippen LogP contribution in [0.2, 0.25) is 0 Å². The number of aromatic nitrogens is 2. The standard InChI is InChI=1S/C23H24N6O3/c24-13-17-3-1-2-4-18(17)14-26-20-15-27-21-6-5-19(16-29(21)23(20)31)22(30)25-7-8-28-9-11-32-12-10-28/h1-6,15-16,26H,7-12,14H2,(H,25,30). The Kier molecular flexibility index (Phi) is 6.75. The van der Waals surface area contributed by atoms with E-state index in [9.17, 15) is 14.9 Å². The first kappa shape index (κ1) is 21.5. The van der Waals surface area contributed by atoms with E-state index in [-0.39, 0.29) is 11.5 Å². The summed E-state index contributed by atoms with van der Waals surface area (Å²) in [5, 5.41) is 15.2. The second-order valence-electron chi connectivity index (χ2n) is 7.46. The van der Waals surface area contributed by atoms with Crippen molar-refractivity contribution in [1.29, 1.82) is 5.26 Å². The second-order valence-corrected chi connectivity index (χ2v) is 7.46. The summed E-state index contributed by atoms with van der Waals surface area (Å²) in [6.07, 6.45) is 2.97. The lowest BCUT2D eigenvalue weighted by Crippen LogP contribution is -2.41. The third-order valence-corrected chi connectivity index (χ3v) is 5.39. The van der Waals surface area contributed by atoms with Gasteiger partial charge in [0.15, 0.2) is 0 Å². The quantitative estimate of drug-likeness (QED) is 0.578. The number of hydrogen-bond donors (Lipinski definition) is 2. The summed E-state index contributed by atoms with van der Waals surface area (Å²) < 4.78 is 6.68. The predicted octanol–water partition coefficient (Wildman–Crippen LogP) is 1.24. The van der Waals surface area contributed by atoms with E-state index >= 15 is 0 Å². The average molecular weight is 432 g/mol. The minimum Gasteiger partial charge on any atom is -0.379 e. The maximum atomic E-state index is 12.9. The first-order valence-corrected chi connectivity index (χ1v) is 10.5. The fraction of sp³-hybridized carbons (Fsp3) is 0.304. The first-order valence-electron chi connectivity index (χ1n) is 10.5. The average Bonchev–Trinajstić information content (AvgIpc) is 2.84. The van der Waals surface area contributed by atoms with Crippen LogP contribution in [0.4, 0.5) is 5.69 Å². The molecule has 9 nitrogen and oxygen atoms in total. The predicted molar refractivity (Wildman–Crippen MR) is 120 cm³/mol. The van der Waals surface area contributed by atoms with Crippen LogP contribution in [0.3, 0.4) is 0 Å². The highest BCUT2D eigenvalue weighted by molar-refractivity contribution is 5.94. The molecule has 0 radical (unpaired) electrons. The molecular formula is C23H24N6O3. The van der Waals surface area contributed by atoms with Crippen LogP contribution in [-0.4, -0.2) is 59.6 Å². The number of fused-ring (bicyclic) bond motifs is 1. The number of carbonyl (C=O) groups excluding carboxylic acids is 1. The normalized spacial score (nSPS) is 14.1. The molecule has 32 heavy (non-hydrogen) atoms. The smallest absolute Gasteiger partial charge is 0.281 e. The Bertz CT molecular complexity index is 1210. The van der Waals surface area contributed by atoms with Gasteiger partial charge in [-0.3, -0.25) is 18.9 Å². The van der Waals surface area contributed by atoms with Gasteiger partial charge >= 0.3 is 0 Å². The largest absolute Gasteiger partial charge is 0.379 e. The van der Waals surface area contributed by atoms with Crippen molar-refractivity contribution in [2.75, 3.05) is 44.7 Å². The summed E-state index contributed by atoms with van der Waals surface area (Å²) in [4.78, 5) is 32.1. The molecule has 4 rings (SSSR count). The van der Waals surface area contributed by atoms with Crippen molar-refractivity contribution < 1.29 is 9.53 Å². The van der Waals surface area contributed by atoms with E-state index in [2.05, 4.69) is 26.6 Å². The van der Waals surface area contributed by atoms with Gasteiger partial charge in [-0.1, -0.05) is 18.2 Å². The number of nitrogens with one attached hydrogen (secondary N) is 2. The van der Waals surface area contributed by atoms with Gasteiger partial charge in [0.05, 0.1) is 36.6 Å². The molecule has 1 aliphatic rings. The van der Waals surface area contributed by atoms with Crippen molar-refractivity contribution in [1.82, 2.24) is 19.6 Å². The van der Waals surface area contributed by atoms with Crippen molar-refractivity contribution >= 4 is 17.2 Å². The molecular weight excluding hydrogens is 408 g/mol. The third kappa shape index (κ3) is 4.94. The van der Waals surface area contributed by atoms with Crippen LogP contribution in [0.25, 0.3) is 5.65 Å². The highest BCUT2D eigenvalue weighted by Crippen LogP contribution is 2.10. The number of pyridine rings is 1. The molecule has 3 heterocycles. The third-order valence-electron chi connectivity index (χ3n) is 5.39. The van der Waals surface area contributed by atoms with Crippen LogP contribution in [0.5, 0.6) is 0 Å². The Hall–Kier alpha value is -3.74. The molecule has 3 aromatic rings. The maximum Gasteiger partial charge on any atom is 0.281 e. The molecule has 1 aromatic carbocycles. The summed E-state index contributed by atoms with van der Waals surface area (Å²) in [5.41, 5.74) is 2.14. The van der Waals surface area contributed by atoms with Gasteiger partial charge in [0.2, 0.25) is 0 Å². The highest BCUT2D eigenvalue weighted by Gasteiger charge is 2.13. The fourth-order valence-corrected chi connectivity index (χ4v) is 3.56. The monoisotopic (exact) mass is 432 g/mol. The van der Waals surface area contributed by atoms with Crippen molar-refractivity contribution in [2.24, 2.45) is 0 Å². The summed E-state index contributed by atoms with van der Waals surface area (Å²) in [6, 6.07) is 12.6. The molecule has 164 valence electrons. The zero-order valence-electron chi connectivity index (χ0n) is 17.6. The minimum atomic E-state index is -0.313. The summed E-state index contributed by atoms with van der Waals surface area (Å²) in [7, 11) is 0. The molecule has 1 saturated heterocycles. The van der Waals surface area contributed by atoms with Crippen molar-refractivity contribution in [3.8, 4) is 6.07 Å². The van der Waals surface area contributed by atoms with Crippen LogP contribution in [0.1, 0.15) is 21.5 Å². The molecule has 0 saturated carbocycles. The highest BCUT2D eigenvalue weighted by atomic mass is 16.5. The lowest BCUT2D eigenvalue weighted by atomic mass is 10.1. The van der Waals surface area contributed by atoms with Crippen LogP contribution >= 0.6 is 0 Å². The Morgan fingerprint density at radius 3 is 2.81 bits per heavy atom. The Balaban J connectivity index is 1.45. The summed E-state index contributed by atoms with van der Waals surface area (Å²) in [5.74, 6) is -0.242. The summed E-state index contributed by atoms with van der Waals surface area (Å²) >= 11 is 0. The van der Waals surface area contributed by atoms with Gasteiger partial charge in [0, 0.05) is 38.9 Å². The number of nitrogens with zero attached hydrogens (tertiary/aromatic N) is 4. The molecule has 2 aromatic heterocycles. The molecule has 9 heteroatoms. The number of rotatable bonds is 7. The first-order chi connectivity index (χ1) is 15.7. The number of anilines is 1. The van der Waals surface area contributed by atoms with Gasteiger partial charge in [-0.2, -0.15) is 5.26 Å². The SMILES string of the molecule is N#Cc1ccccc1CNc1cnc2ccc(C(=O)NCCN3CCOCC3)cn2c1=O. The van der Waals surface area contributed by atoms with E-state index in [0.717, 1.165) is 25.2 Å². The Morgan fingerprint density at radius 1 is 1.19 bits per heavy atom. The van der Waals surface area contributed by atoms with Gasteiger partial charge in [0.1, 0.15) is 11.3 Å². The fourth-order valence-electron chi connectivity index (χ4n) is 3.56. The number of hydrogen-bond acceptors (Lipinski definition) is 7. The molecule has 0 bridgehead atoms. The summed E-state index contributed by atoms with van der Waals surface area (Å²) in [6.45, 7) is 4.74. The number of morpholine rings is 1. The van der Waals surface area contributed by atoms with Gasteiger partial charge < -0.3 is 15.4 Å². The van der Waals surface area contributed by atoms with E-state index in [1.54, 1.807) is 24.3 Å². The molecule has 1 amide bonds. The van der Waals surface area contributed by atoms with E-state index in [4.69, 9.17) is 4.74 Å². The van der Waals surface area contributed by atoms with Gasteiger partial charge in [-0.25, -0.2) is 4.98 Å². The minimum absolute atomic E-state index is 0.242. The lowest BCUT2D eigenvalue weighted by molar-refractivity contribution is 0.0383. The van der Waals surface area contributed by atoms with Gasteiger partial charge in [0.25, 0.3) is 11.5 Å². The van der Waals surface area contributed by atoms with Gasteiger partial charge in [-0.15, -0.1) is 0 Å². The Labute approximate surface area is 185 Å². The molecule has 0 atom stereocenters. The number of amides is 1. The van der Waals surface area contributed by atoms with Crippen molar-refractivity contribution in [2.45, 2.75) is 6.54 Å². The Morgan fingerprint density at radius 2 is 2.00 bits per heavy atom. The zero-order chi connectivity index (χ0) is 22.3. The number of carbonyl (C=O) groups is 1. The van der Waals surface area contributed by atoms with Crippen LogP contribution in [0.15, 0.2) is 53.6 Å². The topological polar surface area (TPSA) is 112 Å². The number of ether oxygens (including phenoxy) is 1. The maximum absolute atomic E-state index is 12.9. The molecule has 0 aliphatic carbocycles. The molecule has 0 unspecified atom stereocenters. The number of nitriles is 1. The second kappa shape index (κ2) is 10.0. The van der Waals surface area contributed by atoms with E-state index < -0.39 is 0 Å². The molecule has 0 spiro atoms. The number of benzene rings is 1. The van der Waals surface area contributed by atoms with E-state index in [0.29, 0.717) is 48.8 Å². The van der Waals surface area contributed by atoms with Crippen molar-refractivity contribution in [3.63, 3.8) is 0 Å². The van der Waals surface area contributed by atoms with Gasteiger partial charge in [-0.05, 0) is 23.8 Å². The van der Waals surface area contributed by atoms with E-state index in [1.807, 2.05) is 12.1 Å². The van der Waals surface area contributed by atoms with Crippen LogP contribution in [-0.2, 0) is 11.3 Å². The lowest BCUT2D eigenvalue weighted by Gasteiger charge is -2.26. The zero-order valence-corrected chi connectivity index (χ0v) is 17.6. The molecule has 1 fully saturated rings. The molecule has 1 aliphatic heterocycles. The van der Waals surface area contributed by atoms with Crippen LogP contribution < -0.4 is 16.2 Å². The molecule has 2 N–H and O–H groups in total. The van der Waals surface area contributed by atoms with E-state index in [1.165, 1.54) is 16.8 Å². The van der Waals surface area contributed by atoms with Crippen LogP contribution in [0, 0.1) is 11.3 Å².